The normalized spacial score (nSPS) is 19.0. The third-order valence-electron chi connectivity index (χ3n) is 3.09. The Morgan fingerprint density at radius 1 is 1.50 bits per heavy atom. The van der Waals surface area contributed by atoms with Gasteiger partial charge in [0.25, 0.3) is 5.91 Å². The highest BCUT2D eigenvalue weighted by atomic mass is 32.2. The number of sulfonamides is 1. The van der Waals surface area contributed by atoms with Crippen molar-refractivity contribution in [2.45, 2.75) is 11.3 Å². The summed E-state index contributed by atoms with van der Waals surface area (Å²) in [5.41, 5.74) is -0.338. The molecule has 1 aliphatic rings. The van der Waals surface area contributed by atoms with E-state index in [4.69, 9.17) is 9.88 Å². The van der Waals surface area contributed by atoms with E-state index in [2.05, 4.69) is 5.32 Å². The molecule has 1 saturated heterocycles. The van der Waals surface area contributed by atoms with Crippen molar-refractivity contribution < 1.29 is 22.3 Å². The van der Waals surface area contributed by atoms with Crippen molar-refractivity contribution in [3.8, 4) is 0 Å². The second kappa shape index (κ2) is 5.86. The molecule has 1 amide bonds. The summed E-state index contributed by atoms with van der Waals surface area (Å²) in [5, 5.41) is 7.52. The molecule has 1 atom stereocenters. The van der Waals surface area contributed by atoms with Gasteiger partial charge in [0.05, 0.1) is 17.1 Å². The molecule has 3 N–H and O–H groups in total. The topological polar surface area (TPSA) is 98.5 Å². The van der Waals surface area contributed by atoms with Crippen LogP contribution in [0.4, 0.5) is 4.39 Å². The SMILES string of the molecule is NS(=O)(=O)c1ccc(F)c(C(=O)NCC2CCOC2)c1. The average molecular weight is 302 g/mol. The van der Waals surface area contributed by atoms with Crippen LogP contribution in [0.25, 0.3) is 0 Å². The zero-order valence-corrected chi connectivity index (χ0v) is 11.5. The summed E-state index contributed by atoms with van der Waals surface area (Å²) in [7, 11) is -3.97. The van der Waals surface area contributed by atoms with Gasteiger partial charge >= 0.3 is 0 Å². The zero-order valence-electron chi connectivity index (χ0n) is 10.6. The lowest BCUT2D eigenvalue weighted by Crippen LogP contribution is -2.30. The summed E-state index contributed by atoms with van der Waals surface area (Å²) in [6, 6.07) is 2.87. The number of nitrogens with one attached hydrogen (secondary N) is 1. The molecule has 0 spiro atoms. The Morgan fingerprint density at radius 2 is 2.25 bits per heavy atom. The second-order valence-corrected chi connectivity index (χ2v) is 6.19. The molecule has 6 nitrogen and oxygen atoms in total. The standard InChI is InChI=1S/C12H15FN2O4S/c13-11-2-1-9(20(14,17)18)5-10(11)12(16)15-6-8-3-4-19-7-8/h1-2,5,8H,3-4,6-7H2,(H,15,16)(H2,14,17,18). The Bertz CT molecular complexity index is 612. The van der Waals surface area contributed by atoms with Crippen LogP contribution in [0.2, 0.25) is 0 Å². The molecule has 1 aromatic rings. The van der Waals surface area contributed by atoms with Gasteiger partial charge in [-0.15, -0.1) is 0 Å². The van der Waals surface area contributed by atoms with Crippen LogP contribution in [0.3, 0.4) is 0 Å². The predicted molar refractivity (Wildman–Crippen MR) is 69.0 cm³/mol. The lowest BCUT2D eigenvalue weighted by Gasteiger charge is -2.10. The number of carbonyl (C=O) groups excluding carboxylic acids is 1. The Labute approximate surface area is 116 Å². The summed E-state index contributed by atoms with van der Waals surface area (Å²) < 4.78 is 41.1. The highest BCUT2D eigenvalue weighted by molar-refractivity contribution is 7.89. The van der Waals surface area contributed by atoms with Gasteiger partial charge in [-0.3, -0.25) is 4.79 Å². The maximum atomic E-state index is 13.6. The molecule has 0 radical (unpaired) electrons. The van der Waals surface area contributed by atoms with Crippen LogP contribution in [-0.4, -0.2) is 34.1 Å². The van der Waals surface area contributed by atoms with E-state index in [9.17, 15) is 17.6 Å². The smallest absolute Gasteiger partial charge is 0.254 e. The molecule has 20 heavy (non-hydrogen) atoms. The fraction of sp³-hybridized carbons (Fsp3) is 0.417. The van der Waals surface area contributed by atoms with Crippen LogP contribution in [0.5, 0.6) is 0 Å². The van der Waals surface area contributed by atoms with E-state index in [1.807, 2.05) is 0 Å². The van der Waals surface area contributed by atoms with Crippen LogP contribution in [0, 0.1) is 11.7 Å². The van der Waals surface area contributed by atoms with Gasteiger partial charge in [-0.1, -0.05) is 0 Å². The summed E-state index contributed by atoms with van der Waals surface area (Å²) in [6.07, 6.45) is 0.833. The lowest BCUT2D eigenvalue weighted by atomic mass is 10.1. The van der Waals surface area contributed by atoms with Crippen LogP contribution < -0.4 is 10.5 Å². The van der Waals surface area contributed by atoms with Gasteiger partial charge in [0, 0.05) is 19.1 Å². The molecule has 1 unspecified atom stereocenters. The summed E-state index contributed by atoms with van der Waals surface area (Å²) in [5.74, 6) is -1.26. The lowest BCUT2D eigenvalue weighted by molar-refractivity contribution is 0.0940. The fourth-order valence-corrected chi connectivity index (χ4v) is 2.47. The van der Waals surface area contributed by atoms with Crippen molar-refractivity contribution in [2.24, 2.45) is 11.1 Å². The van der Waals surface area contributed by atoms with Crippen LogP contribution in [0.15, 0.2) is 23.1 Å². The first-order chi connectivity index (χ1) is 9.38. The van der Waals surface area contributed by atoms with Crippen molar-refractivity contribution in [3.63, 3.8) is 0 Å². The number of carbonyl (C=O) groups is 1. The second-order valence-electron chi connectivity index (χ2n) is 4.63. The van der Waals surface area contributed by atoms with Crippen molar-refractivity contribution in [2.75, 3.05) is 19.8 Å². The van der Waals surface area contributed by atoms with E-state index in [-0.39, 0.29) is 16.4 Å². The number of ether oxygens (including phenoxy) is 1. The molecular formula is C12H15FN2O4S. The van der Waals surface area contributed by atoms with Gasteiger partial charge in [0.2, 0.25) is 10.0 Å². The number of rotatable bonds is 4. The van der Waals surface area contributed by atoms with Crippen molar-refractivity contribution >= 4 is 15.9 Å². The molecule has 2 rings (SSSR count). The summed E-state index contributed by atoms with van der Waals surface area (Å²) in [6.45, 7) is 1.56. The Hall–Kier alpha value is -1.51. The van der Waals surface area contributed by atoms with Gasteiger partial charge in [0.1, 0.15) is 5.82 Å². The number of amides is 1. The molecule has 0 saturated carbocycles. The summed E-state index contributed by atoms with van der Waals surface area (Å²) in [4.78, 5) is 11.6. The van der Waals surface area contributed by atoms with Gasteiger partial charge < -0.3 is 10.1 Å². The number of hydrogen-bond donors (Lipinski definition) is 2. The number of hydrogen-bond acceptors (Lipinski definition) is 4. The number of nitrogens with two attached hydrogens (primary N) is 1. The zero-order chi connectivity index (χ0) is 14.8. The van der Waals surface area contributed by atoms with Crippen molar-refractivity contribution in [3.05, 3.63) is 29.6 Å². The molecule has 1 aliphatic heterocycles. The minimum absolute atomic E-state index is 0.198. The molecule has 1 fully saturated rings. The van der Waals surface area contributed by atoms with E-state index in [0.717, 1.165) is 24.6 Å². The molecule has 110 valence electrons. The van der Waals surface area contributed by atoms with Gasteiger partial charge in [-0.2, -0.15) is 0 Å². The number of halogens is 1. The minimum Gasteiger partial charge on any atom is -0.381 e. The Kier molecular flexibility index (Phi) is 4.36. The van der Waals surface area contributed by atoms with Crippen molar-refractivity contribution in [1.29, 1.82) is 0 Å². The molecule has 1 aromatic carbocycles. The maximum absolute atomic E-state index is 13.6. The number of benzene rings is 1. The van der Waals surface area contributed by atoms with E-state index in [1.165, 1.54) is 0 Å². The summed E-state index contributed by atoms with van der Waals surface area (Å²) >= 11 is 0. The van der Waals surface area contributed by atoms with E-state index in [1.54, 1.807) is 0 Å². The Morgan fingerprint density at radius 3 is 2.85 bits per heavy atom. The molecular weight excluding hydrogens is 287 g/mol. The fourth-order valence-electron chi connectivity index (χ4n) is 1.93. The van der Waals surface area contributed by atoms with Crippen LogP contribution in [-0.2, 0) is 14.8 Å². The Balaban J connectivity index is 2.12. The quantitative estimate of drug-likeness (QED) is 0.832. The van der Waals surface area contributed by atoms with Crippen LogP contribution >= 0.6 is 0 Å². The molecule has 0 bridgehead atoms. The first kappa shape index (κ1) is 14.9. The highest BCUT2D eigenvalue weighted by Crippen LogP contribution is 2.15. The monoisotopic (exact) mass is 302 g/mol. The third kappa shape index (κ3) is 3.53. The third-order valence-corrected chi connectivity index (χ3v) is 4.00. The molecule has 8 heteroatoms. The van der Waals surface area contributed by atoms with E-state index >= 15 is 0 Å². The molecule has 0 aromatic heterocycles. The first-order valence-electron chi connectivity index (χ1n) is 6.06. The van der Waals surface area contributed by atoms with E-state index < -0.39 is 21.7 Å². The molecule has 1 heterocycles. The van der Waals surface area contributed by atoms with Crippen LogP contribution in [0.1, 0.15) is 16.8 Å². The van der Waals surface area contributed by atoms with Gasteiger partial charge in [-0.25, -0.2) is 17.9 Å². The van der Waals surface area contributed by atoms with E-state index in [0.29, 0.717) is 19.8 Å². The minimum atomic E-state index is -3.97. The maximum Gasteiger partial charge on any atom is 0.254 e. The molecule has 0 aliphatic carbocycles. The predicted octanol–water partition coefficient (Wildman–Crippen LogP) is 0.239. The number of primary sulfonamides is 1. The first-order valence-corrected chi connectivity index (χ1v) is 7.61. The highest BCUT2D eigenvalue weighted by Gasteiger charge is 2.20. The largest absolute Gasteiger partial charge is 0.381 e. The average Bonchev–Trinajstić information content (AvgIpc) is 2.88. The van der Waals surface area contributed by atoms with Gasteiger partial charge in [-0.05, 0) is 24.6 Å². The van der Waals surface area contributed by atoms with Crippen molar-refractivity contribution in [1.82, 2.24) is 5.32 Å². The van der Waals surface area contributed by atoms with Gasteiger partial charge in [0.15, 0.2) is 0 Å².